The summed E-state index contributed by atoms with van der Waals surface area (Å²) in [6.07, 6.45) is 10.6. The number of fused-ring (bicyclic) bond motifs is 1. The lowest BCUT2D eigenvalue weighted by Crippen LogP contribution is -2.42. The molecule has 82 valence electrons. The predicted octanol–water partition coefficient (Wildman–Crippen LogP) is 3.03. The van der Waals surface area contributed by atoms with Gasteiger partial charge in [-0.2, -0.15) is 0 Å². The van der Waals surface area contributed by atoms with Crippen LogP contribution in [0, 0.1) is 5.92 Å². The van der Waals surface area contributed by atoms with Crippen molar-refractivity contribution < 1.29 is 5.11 Å². The minimum atomic E-state index is 0.549. The summed E-state index contributed by atoms with van der Waals surface area (Å²) in [5.41, 5.74) is 2.54. The number of allylic oxidation sites excluding steroid dienone is 3. The van der Waals surface area contributed by atoms with E-state index in [1.807, 2.05) is 6.08 Å². The Morgan fingerprint density at radius 3 is 3.07 bits per heavy atom. The average molecular weight is 205 g/mol. The second-order valence-electron chi connectivity index (χ2n) is 5.08. The largest absolute Gasteiger partial charge is 0.508 e. The standard InChI is InChI=1S/C13H19NO/c15-13-7-3-6-12-10(13)8-9-4-1-2-5-11(9)14-12/h7,9,11,14-15H,1-6,8H2/t9-,11+/m1/s1. The molecule has 2 atom stereocenters. The van der Waals surface area contributed by atoms with Gasteiger partial charge in [-0.3, -0.25) is 0 Å². The summed E-state index contributed by atoms with van der Waals surface area (Å²) >= 11 is 0. The molecule has 0 saturated heterocycles. The van der Waals surface area contributed by atoms with Crippen LogP contribution in [0.25, 0.3) is 0 Å². The van der Waals surface area contributed by atoms with Gasteiger partial charge in [0, 0.05) is 17.3 Å². The highest BCUT2D eigenvalue weighted by atomic mass is 16.3. The van der Waals surface area contributed by atoms with E-state index in [0.717, 1.165) is 25.2 Å². The molecule has 1 aliphatic heterocycles. The summed E-state index contributed by atoms with van der Waals surface area (Å²) < 4.78 is 0. The lowest BCUT2D eigenvalue weighted by atomic mass is 9.76. The molecule has 3 rings (SSSR count). The van der Waals surface area contributed by atoms with E-state index in [0.29, 0.717) is 11.8 Å². The van der Waals surface area contributed by atoms with Gasteiger partial charge < -0.3 is 10.4 Å². The van der Waals surface area contributed by atoms with Crippen molar-refractivity contribution >= 4 is 0 Å². The summed E-state index contributed by atoms with van der Waals surface area (Å²) in [7, 11) is 0. The van der Waals surface area contributed by atoms with Gasteiger partial charge in [0.2, 0.25) is 0 Å². The first-order valence-corrected chi connectivity index (χ1v) is 6.22. The van der Waals surface area contributed by atoms with Crippen LogP contribution in [0.15, 0.2) is 23.1 Å². The molecule has 2 heteroatoms. The third-order valence-corrected chi connectivity index (χ3v) is 4.14. The molecule has 0 radical (unpaired) electrons. The Bertz CT molecular complexity index is 329. The monoisotopic (exact) mass is 205 g/mol. The first kappa shape index (κ1) is 9.32. The Labute approximate surface area is 91.1 Å². The first-order valence-electron chi connectivity index (χ1n) is 6.22. The number of aliphatic hydroxyl groups excluding tert-OH is 1. The van der Waals surface area contributed by atoms with Crippen LogP contribution in [0.1, 0.15) is 44.9 Å². The van der Waals surface area contributed by atoms with E-state index in [2.05, 4.69) is 5.32 Å². The van der Waals surface area contributed by atoms with Gasteiger partial charge in [-0.15, -0.1) is 0 Å². The minimum Gasteiger partial charge on any atom is -0.508 e. The van der Waals surface area contributed by atoms with E-state index in [4.69, 9.17) is 0 Å². The molecule has 0 unspecified atom stereocenters. The van der Waals surface area contributed by atoms with Crippen molar-refractivity contribution in [1.29, 1.82) is 0 Å². The summed E-state index contributed by atoms with van der Waals surface area (Å²) in [5.74, 6) is 1.32. The highest BCUT2D eigenvalue weighted by Gasteiger charge is 2.33. The third kappa shape index (κ3) is 1.56. The lowest BCUT2D eigenvalue weighted by Gasteiger charge is -2.40. The van der Waals surface area contributed by atoms with Crippen LogP contribution in [0.3, 0.4) is 0 Å². The second kappa shape index (κ2) is 3.58. The summed E-state index contributed by atoms with van der Waals surface area (Å²) in [6.45, 7) is 0. The fourth-order valence-corrected chi connectivity index (χ4v) is 3.30. The predicted molar refractivity (Wildman–Crippen MR) is 60.5 cm³/mol. The molecule has 0 amide bonds. The molecule has 15 heavy (non-hydrogen) atoms. The molecular formula is C13H19NO. The van der Waals surface area contributed by atoms with Gasteiger partial charge in [-0.05, 0) is 44.1 Å². The lowest BCUT2D eigenvalue weighted by molar-refractivity contribution is 0.247. The van der Waals surface area contributed by atoms with E-state index in [1.54, 1.807) is 0 Å². The first-order chi connectivity index (χ1) is 7.34. The van der Waals surface area contributed by atoms with Crippen LogP contribution in [-0.4, -0.2) is 11.1 Å². The fraction of sp³-hybridized carbons (Fsp3) is 0.692. The Balaban J connectivity index is 1.87. The molecule has 3 aliphatic rings. The van der Waals surface area contributed by atoms with Crippen LogP contribution in [-0.2, 0) is 0 Å². The molecule has 1 fully saturated rings. The van der Waals surface area contributed by atoms with E-state index >= 15 is 0 Å². The number of rotatable bonds is 0. The molecule has 0 aromatic heterocycles. The van der Waals surface area contributed by atoms with E-state index in [-0.39, 0.29) is 0 Å². The van der Waals surface area contributed by atoms with Crippen LogP contribution < -0.4 is 5.32 Å². The maximum atomic E-state index is 9.86. The van der Waals surface area contributed by atoms with Crippen molar-refractivity contribution in [3.8, 4) is 0 Å². The van der Waals surface area contributed by atoms with Gasteiger partial charge in [0.25, 0.3) is 0 Å². The van der Waals surface area contributed by atoms with Crippen molar-refractivity contribution in [3.05, 3.63) is 23.1 Å². The van der Waals surface area contributed by atoms with E-state index < -0.39 is 0 Å². The molecular weight excluding hydrogens is 186 g/mol. The maximum absolute atomic E-state index is 9.86. The quantitative estimate of drug-likeness (QED) is 0.637. The zero-order chi connectivity index (χ0) is 10.3. The summed E-state index contributed by atoms with van der Waals surface area (Å²) in [6, 6.07) is 0.698. The smallest absolute Gasteiger partial charge is 0.116 e. The minimum absolute atomic E-state index is 0.549. The molecule has 2 nitrogen and oxygen atoms in total. The molecule has 1 saturated carbocycles. The van der Waals surface area contributed by atoms with E-state index in [1.165, 1.54) is 37.0 Å². The maximum Gasteiger partial charge on any atom is 0.116 e. The zero-order valence-electron chi connectivity index (χ0n) is 9.13. The Morgan fingerprint density at radius 1 is 1.27 bits per heavy atom. The Kier molecular flexibility index (Phi) is 2.23. The number of aliphatic hydroxyl groups is 1. The van der Waals surface area contributed by atoms with Gasteiger partial charge in [0.1, 0.15) is 5.76 Å². The number of nitrogens with one attached hydrogen (secondary N) is 1. The van der Waals surface area contributed by atoms with Crippen LogP contribution in [0.5, 0.6) is 0 Å². The highest BCUT2D eigenvalue weighted by molar-refractivity contribution is 5.36. The highest BCUT2D eigenvalue weighted by Crippen LogP contribution is 2.38. The van der Waals surface area contributed by atoms with Crippen LogP contribution in [0.4, 0.5) is 0 Å². The molecule has 1 heterocycles. The zero-order valence-corrected chi connectivity index (χ0v) is 9.13. The number of hydrogen-bond donors (Lipinski definition) is 2. The van der Waals surface area contributed by atoms with Crippen molar-refractivity contribution in [2.75, 3.05) is 0 Å². The van der Waals surface area contributed by atoms with Crippen molar-refractivity contribution in [2.45, 2.75) is 51.0 Å². The SMILES string of the molecule is OC1=CCCC2=C1C[C@H]1CCCC[C@@H]1N2. The van der Waals surface area contributed by atoms with Crippen molar-refractivity contribution in [2.24, 2.45) is 5.92 Å². The molecule has 2 aliphatic carbocycles. The normalized spacial score (nSPS) is 35.1. The molecule has 0 aromatic rings. The topological polar surface area (TPSA) is 32.3 Å². The van der Waals surface area contributed by atoms with Crippen molar-refractivity contribution in [3.63, 3.8) is 0 Å². The summed E-state index contributed by atoms with van der Waals surface area (Å²) in [4.78, 5) is 0. The summed E-state index contributed by atoms with van der Waals surface area (Å²) in [5, 5.41) is 13.5. The molecule has 0 bridgehead atoms. The molecule has 0 aromatic carbocycles. The van der Waals surface area contributed by atoms with Crippen LogP contribution in [0.2, 0.25) is 0 Å². The van der Waals surface area contributed by atoms with Gasteiger partial charge in [-0.25, -0.2) is 0 Å². The average Bonchev–Trinajstić information content (AvgIpc) is 2.27. The number of hydrogen-bond acceptors (Lipinski definition) is 2. The van der Waals surface area contributed by atoms with Gasteiger partial charge in [-0.1, -0.05) is 12.8 Å². The van der Waals surface area contributed by atoms with Gasteiger partial charge in [0.05, 0.1) is 0 Å². The van der Waals surface area contributed by atoms with E-state index in [9.17, 15) is 5.11 Å². The van der Waals surface area contributed by atoms with Gasteiger partial charge >= 0.3 is 0 Å². The fourth-order valence-electron chi connectivity index (χ4n) is 3.30. The Hall–Kier alpha value is -0.920. The second-order valence-corrected chi connectivity index (χ2v) is 5.08. The third-order valence-electron chi connectivity index (χ3n) is 4.14. The van der Waals surface area contributed by atoms with Crippen molar-refractivity contribution in [1.82, 2.24) is 5.32 Å². The van der Waals surface area contributed by atoms with Crippen LogP contribution >= 0.6 is 0 Å². The molecule has 2 N–H and O–H groups in total. The van der Waals surface area contributed by atoms with Gasteiger partial charge in [0.15, 0.2) is 0 Å². The molecule has 0 spiro atoms. The Morgan fingerprint density at radius 2 is 2.13 bits per heavy atom.